The molecule has 2 atom stereocenters. The number of hydrogen-bond acceptors (Lipinski definition) is 4. The van der Waals surface area contributed by atoms with Crippen molar-refractivity contribution in [2.45, 2.75) is 44.2 Å². The molecule has 7 nitrogen and oxygen atoms in total. The third-order valence-electron chi connectivity index (χ3n) is 3.83. The van der Waals surface area contributed by atoms with Crippen molar-refractivity contribution in [1.82, 2.24) is 14.1 Å². The number of aromatic nitrogens is 2. The summed E-state index contributed by atoms with van der Waals surface area (Å²) >= 11 is 0. The average molecular weight is 301 g/mol. The Morgan fingerprint density at radius 3 is 2.85 bits per heavy atom. The summed E-state index contributed by atoms with van der Waals surface area (Å²) in [4.78, 5) is 10.7. The summed E-state index contributed by atoms with van der Waals surface area (Å²) in [5.74, 6) is -0.746. The van der Waals surface area contributed by atoms with E-state index in [1.807, 2.05) is 13.8 Å². The van der Waals surface area contributed by atoms with Gasteiger partial charge >= 0.3 is 5.97 Å². The van der Waals surface area contributed by atoms with Crippen LogP contribution < -0.4 is 0 Å². The average Bonchev–Trinajstić information content (AvgIpc) is 2.80. The molecule has 112 valence electrons. The molecule has 1 aliphatic heterocycles. The van der Waals surface area contributed by atoms with E-state index < -0.39 is 16.0 Å². The topological polar surface area (TPSA) is 92.5 Å². The number of rotatable bonds is 4. The molecule has 0 saturated carbocycles. The Labute approximate surface area is 118 Å². The first-order valence-electron chi connectivity index (χ1n) is 6.58. The molecular weight excluding hydrogens is 282 g/mol. The van der Waals surface area contributed by atoms with Crippen LogP contribution in [0.5, 0.6) is 0 Å². The smallest absolute Gasteiger partial charge is 0.325 e. The zero-order valence-corrected chi connectivity index (χ0v) is 12.4. The number of carbonyl (C=O) groups is 1. The van der Waals surface area contributed by atoms with Gasteiger partial charge in [-0.3, -0.25) is 9.48 Å². The van der Waals surface area contributed by atoms with Gasteiger partial charge in [0.1, 0.15) is 11.4 Å². The van der Waals surface area contributed by atoms with Crippen LogP contribution in [0.2, 0.25) is 0 Å². The van der Waals surface area contributed by atoms with Crippen molar-refractivity contribution in [3.05, 3.63) is 12.4 Å². The van der Waals surface area contributed by atoms with Crippen LogP contribution in [0, 0.1) is 5.92 Å². The highest BCUT2D eigenvalue weighted by molar-refractivity contribution is 7.89. The number of aliphatic carboxylic acids is 1. The van der Waals surface area contributed by atoms with E-state index in [0.29, 0.717) is 12.5 Å². The van der Waals surface area contributed by atoms with E-state index in [1.54, 1.807) is 0 Å². The van der Waals surface area contributed by atoms with Crippen molar-refractivity contribution >= 4 is 16.0 Å². The molecule has 2 heterocycles. The van der Waals surface area contributed by atoms with Gasteiger partial charge in [-0.15, -0.1) is 0 Å². The Morgan fingerprint density at radius 1 is 1.50 bits per heavy atom. The largest absolute Gasteiger partial charge is 0.480 e. The fourth-order valence-corrected chi connectivity index (χ4v) is 4.20. The molecule has 1 aromatic heterocycles. The highest BCUT2D eigenvalue weighted by Gasteiger charge is 2.35. The maximum atomic E-state index is 12.6. The predicted molar refractivity (Wildman–Crippen MR) is 71.6 cm³/mol. The van der Waals surface area contributed by atoms with E-state index in [0.717, 1.165) is 17.5 Å². The van der Waals surface area contributed by atoms with Gasteiger partial charge in [-0.2, -0.15) is 9.40 Å². The van der Waals surface area contributed by atoms with Crippen molar-refractivity contribution in [1.29, 1.82) is 0 Å². The summed E-state index contributed by atoms with van der Waals surface area (Å²) < 4.78 is 27.7. The van der Waals surface area contributed by atoms with E-state index in [2.05, 4.69) is 5.10 Å². The Bertz CT molecular complexity index is 596. The van der Waals surface area contributed by atoms with Gasteiger partial charge in [0, 0.05) is 18.8 Å². The summed E-state index contributed by atoms with van der Waals surface area (Å²) in [6, 6.07) is -0.0587. The van der Waals surface area contributed by atoms with E-state index in [-0.39, 0.29) is 17.5 Å². The van der Waals surface area contributed by atoms with Crippen molar-refractivity contribution in [3.63, 3.8) is 0 Å². The lowest BCUT2D eigenvalue weighted by molar-refractivity contribution is -0.137. The second kappa shape index (κ2) is 5.53. The standard InChI is InChI=1S/C12H19N3O4S/c1-9-4-3-5-15(10(9)2)20(18,19)11-6-13-14(7-11)8-12(16)17/h6-7,9-10H,3-5,8H2,1-2H3,(H,16,17). The predicted octanol–water partition coefficient (Wildman–Crippen LogP) is 0.777. The summed E-state index contributed by atoms with van der Waals surface area (Å²) in [7, 11) is -3.60. The number of carboxylic acids is 1. The van der Waals surface area contributed by atoms with E-state index in [9.17, 15) is 13.2 Å². The zero-order chi connectivity index (χ0) is 14.9. The van der Waals surface area contributed by atoms with E-state index in [1.165, 1.54) is 16.7 Å². The van der Waals surface area contributed by atoms with Crippen LogP contribution in [-0.4, -0.2) is 46.2 Å². The number of carboxylic acid groups (broad SMARTS) is 1. The molecule has 1 saturated heterocycles. The molecule has 2 unspecified atom stereocenters. The van der Waals surface area contributed by atoms with E-state index in [4.69, 9.17) is 5.11 Å². The molecule has 1 aromatic rings. The van der Waals surface area contributed by atoms with Crippen molar-refractivity contribution in [2.75, 3.05) is 6.54 Å². The third-order valence-corrected chi connectivity index (χ3v) is 5.77. The lowest BCUT2D eigenvalue weighted by atomic mass is 9.94. The molecule has 0 amide bonds. The van der Waals surface area contributed by atoms with Crippen LogP contribution in [-0.2, 0) is 21.4 Å². The van der Waals surface area contributed by atoms with Crippen LogP contribution in [0.4, 0.5) is 0 Å². The van der Waals surface area contributed by atoms with Gasteiger partial charge in [0.05, 0.1) is 6.20 Å². The number of nitrogens with zero attached hydrogens (tertiary/aromatic N) is 3. The van der Waals surface area contributed by atoms with Gasteiger partial charge in [0.15, 0.2) is 0 Å². The summed E-state index contributed by atoms with van der Waals surface area (Å²) in [6.45, 7) is 4.10. The fourth-order valence-electron chi connectivity index (χ4n) is 2.48. The monoisotopic (exact) mass is 301 g/mol. The van der Waals surface area contributed by atoms with Crippen LogP contribution >= 0.6 is 0 Å². The van der Waals surface area contributed by atoms with E-state index >= 15 is 0 Å². The van der Waals surface area contributed by atoms with Gasteiger partial charge in [-0.05, 0) is 25.7 Å². The molecular formula is C12H19N3O4S. The molecule has 8 heteroatoms. The van der Waals surface area contributed by atoms with Gasteiger partial charge in [-0.1, -0.05) is 6.92 Å². The Morgan fingerprint density at radius 2 is 2.20 bits per heavy atom. The molecule has 1 N–H and O–H groups in total. The van der Waals surface area contributed by atoms with Crippen LogP contribution in [0.1, 0.15) is 26.7 Å². The van der Waals surface area contributed by atoms with Gasteiger partial charge in [-0.25, -0.2) is 8.42 Å². The van der Waals surface area contributed by atoms with Crippen molar-refractivity contribution in [2.24, 2.45) is 5.92 Å². The van der Waals surface area contributed by atoms with Crippen LogP contribution in [0.3, 0.4) is 0 Å². The first-order valence-corrected chi connectivity index (χ1v) is 8.02. The number of piperidine rings is 1. The third kappa shape index (κ3) is 2.85. The number of hydrogen-bond donors (Lipinski definition) is 1. The Balaban J connectivity index is 2.25. The normalized spacial score (nSPS) is 24.7. The quantitative estimate of drug-likeness (QED) is 0.887. The minimum Gasteiger partial charge on any atom is -0.480 e. The number of sulfonamides is 1. The summed E-state index contributed by atoms with van der Waals surface area (Å²) in [5, 5.41) is 12.5. The SMILES string of the molecule is CC1CCCN(S(=O)(=O)c2cnn(CC(=O)O)c2)C1C. The Hall–Kier alpha value is -1.41. The van der Waals surface area contributed by atoms with Crippen molar-refractivity contribution < 1.29 is 18.3 Å². The first-order chi connectivity index (χ1) is 9.32. The maximum absolute atomic E-state index is 12.6. The molecule has 0 radical (unpaired) electrons. The van der Waals surface area contributed by atoms with Gasteiger partial charge in [0.2, 0.25) is 10.0 Å². The minimum absolute atomic E-state index is 0.0553. The lowest BCUT2D eigenvalue weighted by Crippen LogP contribution is -2.45. The molecule has 0 bridgehead atoms. The van der Waals surface area contributed by atoms with Crippen LogP contribution in [0.25, 0.3) is 0 Å². The zero-order valence-electron chi connectivity index (χ0n) is 11.6. The molecule has 0 spiro atoms. The van der Waals surface area contributed by atoms with Crippen LogP contribution in [0.15, 0.2) is 17.3 Å². The molecule has 1 fully saturated rings. The second-order valence-electron chi connectivity index (χ2n) is 5.24. The van der Waals surface area contributed by atoms with Gasteiger partial charge < -0.3 is 5.11 Å². The maximum Gasteiger partial charge on any atom is 0.325 e. The molecule has 1 aliphatic rings. The molecule has 20 heavy (non-hydrogen) atoms. The summed E-state index contributed by atoms with van der Waals surface area (Å²) in [6.07, 6.45) is 4.35. The summed E-state index contributed by atoms with van der Waals surface area (Å²) in [5.41, 5.74) is 0. The fraction of sp³-hybridized carbons (Fsp3) is 0.667. The minimum atomic E-state index is -3.60. The highest BCUT2D eigenvalue weighted by Crippen LogP contribution is 2.28. The van der Waals surface area contributed by atoms with Crippen molar-refractivity contribution in [3.8, 4) is 0 Å². The molecule has 0 aromatic carbocycles. The first kappa shape index (κ1) is 15.0. The second-order valence-corrected chi connectivity index (χ2v) is 7.13. The molecule has 0 aliphatic carbocycles. The molecule has 2 rings (SSSR count). The lowest BCUT2D eigenvalue weighted by Gasteiger charge is -2.36. The highest BCUT2D eigenvalue weighted by atomic mass is 32.2. The Kier molecular flexibility index (Phi) is 4.14. The van der Waals surface area contributed by atoms with Gasteiger partial charge in [0.25, 0.3) is 0 Å².